The van der Waals surface area contributed by atoms with Crippen LogP contribution in [0.3, 0.4) is 0 Å². The van der Waals surface area contributed by atoms with E-state index in [1.165, 1.54) is 160 Å². The number of ether oxygens (including phenoxy) is 3. The van der Waals surface area contributed by atoms with E-state index in [-0.39, 0.29) is 87.7 Å². The molecule has 9 rings (SSSR count). The van der Waals surface area contributed by atoms with E-state index in [4.69, 9.17) is 76.8 Å². The van der Waals surface area contributed by atoms with Gasteiger partial charge in [0.2, 0.25) is 0 Å². The number of hydrogen-bond acceptors (Lipinski definition) is 21. The van der Waals surface area contributed by atoms with E-state index < -0.39 is 55.7 Å². The first kappa shape index (κ1) is 79.4. The van der Waals surface area contributed by atoms with Gasteiger partial charge in [-0.3, -0.25) is 0 Å². The maximum atomic E-state index is 11.6. The summed E-state index contributed by atoms with van der Waals surface area (Å²) in [5.41, 5.74) is 2.14. The predicted octanol–water partition coefficient (Wildman–Crippen LogP) is 13.8. The topological polar surface area (TPSA) is 354 Å². The van der Waals surface area contributed by atoms with Gasteiger partial charge in [0.25, 0.3) is 0 Å². The molecule has 6 N–H and O–H groups in total. The predicted molar refractivity (Wildman–Crippen MR) is 410 cm³/mol. The maximum Gasteiger partial charge on any atom is 0.410 e. The zero-order valence-corrected chi connectivity index (χ0v) is 62.4. The Morgan fingerprint density at radius 3 is 0.626 bits per heavy atom. The molecule has 0 unspecified atom stereocenters. The molecule has 0 aromatic heterocycles. The molecule has 34 heteroatoms. The van der Waals surface area contributed by atoms with Crippen LogP contribution in [0.1, 0.15) is 78.8 Å². The smallest absolute Gasteiger partial charge is 0.410 e. The van der Waals surface area contributed by atoms with Gasteiger partial charge in [0.1, 0.15) is 91.2 Å². The molecule has 0 spiro atoms. The Labute approximate surface area is 628 Å². The van der Waals surface area contributed by atoms with Crippen LogP contribution in [-0.4, -0.2) is 172 Å². The summed E-state index contributed by atoms with van der Waals surface area (Å²) >= 11 is 17.9. The quantitative estimate of drug-likeness (QED) is 0.00902. The summed E-state index contributed by atoms with van der Waals surface area (Å²) in [6.07, 6.45) is 4.63. The van der Waals surface area contributed by atoms with Crippen molar-refractivity contribution in [2.24, 2.45) is 15.3 Å². The molecule has 0 aliphatic carbocycles. The van der Waals surface area contributed by atoms with Crippen LogP contribution >= 0.6 is 19.9 Å². The number of rotatable bonds is 39. The Hall–Kier alpha value is -11.7. The SMILES string of the molecule is CN(/N=C/c1ccc(OCC[N+](C)(CCOc2ccc(/C=N/N(C)P(=S)(Oc3ccc(C(=O)O)cc3)Oc3ccc(C(=O)O)cc3)cc2)CCOc2ccc(/C=N/N(C)P(=S)(Oc3ccc(C(=O)O)cc3)Oc3ccc(C(=O)O)cc3)cc2)cc1)P(=S)(Oc1ccc(C(=O)O)cc1)Oc1ccc(C(=O)O)cc1. The minimum atomic E-state index is -3.58. The Kier molecular flexibility index (Phi) is 27.0. The normalized spacial score (nSPS) is 11.7. The highest BCUT2D eigenvalue weighted by Gasteiger charge is 2.33. The van der Waals surface area contributed by atoms with Gasteiger partial charge >= 0.3 is 55.7 Å². The highest BCUT2D eigenvalue weighted by molar-refractivity contribution is 8.09. The summed E-state index contributed by atoms with van der Waals surface area (Å²) in [4.78, 5) is 69.3. The second-order valence-electron chi connectivity index (χ2n) is 23.2. The van der Waals surface area contributed by atoms with Gasteiger partial charge in [0.05, 0.1) is 59.1 Å². The third-order valence-corrected chi connectivity index (χ3v) is 24.0. The number of benzene rings is 9. The van der Waals surface area contributed by atoms with Crippen molar-refractivity contribution in [1.82, 2.24) is 14.3 Å². The summed E-state index contributed by atoms with van der Waals surface area (Å²) in [5, 5.41) is 70.3. The van der Waals surface area contributed by atoms with Gasteiger partial charge in [-0.1, -0.05) is 0 Å². The molecule has 107 heavy (non-hydrogen) atoms. The number of hydrogen-bond donors (Lipinski definition) is 6. The highest BCUT2D eigenvalue weighted by atomic mass is 32.5. The lowest BCUT2D eigenvalue weighted by Gasteiger charge is -2.34. The minimum Gasteiger partial charge on any atom is -0.488 e. The third-order valence-electron chi connectivity index (χ3n) is 15.5. The van der Waals surface area contributed by atoms with Crippen LogP contribution in [0.4, 0.5) is 0 Å². The zero-order chi connectivity index (χ0) is 76.9. The Morgan fingerprint density at radius 1 is 0.308 bits per heavy atom. The fourth-order valence-electron chi connectivity index (χ4n) is 9.24. The maximum absolute atomic E-state index is 11.6. The van der Waals surface area contributed by atoms with Crippen LogP contribution in [0.5, 0.6) is 51.7 Å². The van der Waals surface area contributed by atoms with E-state index in [0.29, 0.717) is 58.1 Å². The largest absolute Gasteiger partial charge is 0.488 e. The van der Waals surface area contributed by atoms with E-state index in [1.807, 2.05) is 0 Å². The second kappa shape index (κ2) is 36.4. The number of nitrogens with zero attached hydrogens (tertiary/aromatic N) is 7. The average Bonchev–Trinajstić information content (AvgIpc) is 0.821. The number of carboxylic acid groups (broad SMARTS) is 6. The number of quaternary nitrogens is 1. The molecule has 9 aromatic rings. The monoisotopic (exact) mass is 1570 g/mol. The Morgan fingerprint density at radius 2 is 0.467 bits per heavy atom. The summed E-state index contributed by atoms with van der Waals surface area (Å²) < 4.78 is 60.6. The van der Waals surface area contributed by atoms with Crippen molar-refractivity contribution in [3.05, 3.63) is 268 Å². The molecule has 0 atom stereocenters. The van der Waals surface area contributed by atoms with Crippen molar-refractivity contribution in [2.45, 2.75) is 0 Å². The first-order valence-corrected chi connectivity index (χ1v) is 39.7. The molecule has 28 nitrogen and oxygen atoms in total. The molecule has 0 saturated carbocycles. The molecule has 0 bridgehead atoms. The lowest BCUT2D eigenvalue weighted by Crippen LogP contribution is -2.51. The highest BCUT2D eigenvalue weighted by Crippen LogP contribution is 2.54. The van der Waals surface area contributed by atoms with Crippen molar-refractivity contribution < 1.29 is 105 Å². The van der Waals surface area contributed by atoms with Gasteiger partial charge in [-0.15, -0.1) is 0 Å². The lowest BCUT2D eigenvalue weighted by molar-refractivity contribution is -0.909. The molecular formula is C73H69N7O21P3S3+. The van der Waals surface area contributed by atoms with Gasteiger partial charge in [0, 0.05) is 56.6 Å². The van der Waals surface area contributed by atoms with Gasteiger partial charge in [0.15, 0.2) is 0 Å². The molecular weight excluding hydrogens is 1500 g/mol. The van der Waals surface area contributed by atoms with E-state index in [1.54, 1.807) is 113 Å². The molecule has 0 saturated heterocycles. The second-order valence-corrected chi connectivity index (χ2v) is 33.0. The summed E-state index contributed by atoms with van der Waals surface area (Å²) in [6.45, 7) is -8.42. The Bertz CT molecular complexity index is 4190. The van der Waals surface area contributed by atoms with E-state index in [2.05, 4.69) is 22.4 Å². The molecule has 9 aromatic carbocycles. The lowest BCUT2D eigenvalue weighted by atomic mass is 10.2. The van der Waals surface area contributed by atoms with Crippen molar-refractivity contribution in [3.8, 4) is 51.7 Å². The summed E-state index contributed by atoms with van der Waals surface area (Å²) in [6, 6.07) is 55.0. The Balaban J connectivity index is 0.865. The molecule has 0 aliphatic rings. The van der Waals surface area contributed by atoms with Crippen LogP contribution in [0, 0.1) is 0 Å². The molecule has 0 aliphatic heterocycles. The molecule has 0 amide bonds. The number of carboxylic acids is 6. The molecule has 0 heterocycles. The minimum absolute atomic E-state index is 0.0291. The third kappa shape index (κ3) is 23.2. The van der Waals surface area contributed by atoms with E-state index >= 15 is 0 Å². The van der Waals surface area contributed by atoms with Gasteiger partial charge in [-0.25, -0.2) is 43.1 Å². The molecule has 0 fully saturated rings. The number of hydrazone groups is 3. The molecule has 0 radical (unpaired) electrons. The van der Waals surface area contributed by atoms with Crippen LogP contribution in [0.25, 0.3) is 0 Å². The van der Waals surface area contributed by atoms with Gasteiger partial charge in [-0.05, 0) is 235 Å². The van der Waals surface area contributed by atoms with Crippen LogP contribution in [0.15, 0.2) is 234 Å². The standard InChI is InChI=1S/C73H68N7O21P3S3/c1-77(102(105,96-62-29-11-53(12-30-62)68(81)82)97-63-31-13-54(14-32-63)69(83)84)74-47-50-5-23-59(24-6-50)93-44-41-80(4,42-45-94-60-25-7-51(8-26-60)48-75-78(2)103(106,98-64-33-15-55(16-34-64)70(85)86)99-65-35-17-56(18-36-65)71(87)88)43-46-95-61-27-9-52(10-28-61)49-76-79(3)104(107,100-66-37-19-57(20-38-66)72(89)90)101-67-39-21-58(22-40-67)73(91)92/h5-40,47-49H,41-46H2,1-4H3,(H5-,81,82,83,84,85,86,87,88,89,90,91,92)/p+1/b74-47+,75-48+,76-49+. The van der Waals surface area contributed by atoms with E-state index in [9.17, 15) is 59.4 Å². The summed E-state index contributed by atoms with van der Waals surface area (Å²) in [7, 11) is 6.73. The number of aromatic carboxylic acids is 6. The summed E-state index contributed by atoms with van der Waals surface area (Å²) in [5.74, 6) is -3.81. The van der Waals surface area contributed by atoms with Crippen LogP contribution < -0.4 is 41.4 Å². The van der Waals surface area contributed by atoms with Crippen molar-refractivity contribution in [1.29, 1.82) is 0 Å². The number of likely N-dealkylation sites (N-methyl/N-ethyl adjacent to an activating group) is 1. The van der Waals surface area contributed by atoms with Gasteiger partial charge in [-0.2, -0.15) is 15.3 Å². The van der Waals surface area contributed by atoms with E-state index in [0.717, 1.165) is 0 Å². The zero-order valence-electron chi connectivity index (χ0n) is 57.3. The fourth-order valence-corrected chi connectivity index (χ4v) is 14.9. The van der Waals surface area contributed by atoms with Crippen LogP contribution in [-0.2, 0) is 35.4 Å². The first-order chi connectivity index (χ1) is 51.0. The van der Waals surface area contributed by atoms with Crippen molar-refractivity contribution >= 4 is 110 Å². The van der Waals surface area contributed by atoms with Crippen molar-refractivity contribution in [2.75, 3.05) is 67.6 Å². The first-order valence-electron chi connectivity index (χ1n) is 31.9. The molecule has 554 valence electrons. The van der Waals surface area contributed by atoms with Crippen molar-refractivity contribution in [3.63, 3.8) is 0 Å². The average molecular weight is 1570 g/mol. The fraction of sp³-hybridized carbons (Fsp3) is 0.137. The number of carbonyl (C=O) groups is 6. The van der Waals surface area contributed by atoms with Crippen LogP contribution in [0.2, 0.25) is 0 Å². The van der Waals surface area contributed by atoms with Gasteiger partial charge < -0.3 is 76.5 Å².